The Morgan fingerprint density at radius 3 is 2.72 bits per heavy atom. The molecule has 0 fully saturated rings. The predicted molar refractivity (Wildman–Crippen MR) is 62.1 cm³/mol. The molecular weight excluding hydrogens is 237 g/mol. The summed E-state index contributed by atoms with van der Waals surface area (Å²) >= 11 is 0. The Balaban J connectivity index is 2.23. The summed E-state index contributed by atoms with van der Waals surface area (Å²) in [7, 11) is 0. The third kappa shape index (κ3) is 3.04. The third-order valence-electron chi connectivity index (χ3n) is 2.23. The van der Waals surface area contributed by atoms with Gasteiger partial charge in [0.05, 0.1) is 12.6 Å². The van der Waals surface area contributed by atoms with Crippen LogP contribution in [0.2, 0.25) is 0 Å². The van der Waals surface area contributed by atoms with E-state index in [0.717, 1.165) is 6.20 Å². The second-order valence-corrected chi connectivity index (χ2v) is 3.59. The molecule has 0 radical (unpaired) electrons. The lowest BCUT2D eigenvalue weighted by Gasteiger charge is -2.08. The number of halogens is 1. The number of rotatable bonds is 4. The second-order valence-electron chi connectivity index (χ2n) is 3.59. The van der Waals surface area contributed by atoms with Crippen LogP contribution in [-0.4, -0.2) is 16.1 Å². The van der Waals surface area contributed by atoms with E-state index >= 15 is 0 Å². The van der Waals surface area contributed by atoms with Crippen LogP contribution in [0.25, 0.3) is 0 Å². The fourth-order valence-electron chi connectivity index (χ4n) is 1.45. The molecule has 18 heavy (non-hydrogen) atoms. The number of hydrogen-bond acceptors (Lipinski definition) is 3. The van der Waals surface area contributed by atoms with E-state index in [2.05, 4.69) is 4.98 Å². The maximum absolute atomic E-state index is 12.7. The molecule has 2 rings (SSSR count). The summed E-state index contributed by atoms with van der Waals surface area (Å²) in [6.45, 7) is 0. The summed E-state index contributed by atoms with van der Waals surface area (Å²) in [4.78, 5) is 14.4. The van der Waals surface area contributed by atoms with Crippen molar-refractivity contribution in [2.24, 2.45) is 0 Å². The van der Waals surface area contributed by atoms with Crippen LogP contribution in [0.3, 0.4) is 0 Å². The number of pyridine rings is 1. The van der Waals surface area contributed by atoms with Gasteiger partial charge in [-0.05, 0) is 12.1 Å². The summed E-state index contributed by atoms with van der Waals surface area (Å²) in [5.41, 5.74) is 0.538. The van der Waals surface area contributed by atoms with Crippen LogP contribution in [0, 0.1) is 5.82 Å². The van der Waals surface area contributed by atoms with E-state index in [9.17, 15) is 9.18 Å². The maximum Gasteiger partial charge on any atom is 0.307 e. The van der Waals surface area contributed by atoms with Crippen LogP contribution in [0.15, 0.2) is 42.6 Å². The van der Waals surface area contributed by atoms with Gasteiger partial charge in [0.15, 0.2) is 0 Å². The van der Waals surface area contributed by atoms with Gasteiger partial charge in [0.2, 0.25) is 5.88 Å². The number of nitrogens with zero attached hydrogens (tertiary/aromatic N) is 1. The second kappa shape index (κ2) is 5.27. The zero-order chi connectivity index (χ0) is 13.0. The highest BCUT2D eigenvalue weighted by atomic mass is 19.1. The predicted octanol–water partition coefficient (Wildman–Crippen LogP) is 2.64. The summed E-state index contributed by atoms with van der Waals surface area (Å²) in [5, 5.41) is 8.77. The zero-order valence-corrected chi connectivity index (χ0v) is 9.34. The lowest BCUT2D eigenvalue weighted by atomic mass is 10.1. The molecule has 0 spiro atoms. The largest absolute Gasteiger partial charge is 0.481 e. The number of ether oxygens (including phenoxy) is 1. The van der Waals surface area contributed by atoms with Gasteiger partial charge in [-0.1, -0.05) is 18.2 Å². The maximum atomic E-state index is 12.7. The van der Waals surface area contributed by atoms with Crippen molar-refractivity contribution in [2.75, 3.05) is 0 Å². The smallest absolute Gasteiger partial charge is 0.307 e. The first-order valence-corrected chi connectivity index (χ1v) is 5.24. The fourth-order valence-corrected chi connectivity index (χ4v) is 1.45. The van der Waals surface area contributed by atoms with Crippen molar-refractivity contribution in [3.63, 3.8) is 0 Å². The molecule has 2 aromatic rings. The SMILES string of the molecule is O=C(O)Cc1ccccc1Oc1ccc(F)cn1. The molecule has 0 aliphatic heterocycles. The molecule has 92 valence electrons. The van der Waals surface area contributed by atoms with Crippen LogP contribution in [-0.2, 0) is 11.2 Å². The van der Waals surface area contributed by atoms with Crippen LogP contribution < -0.4 is 4.74 Å². The number of aromatic nitrogens is 1. The molecule has 4 nitrogen and oxygen atoms in total. The molecule has 5 heteroatoms. The first-order valence-electron chi connectivity index (χ1n) is 5.24. The summed E-state index contributed by atoms with van der Waals surface area (Å²) in [6, 6.07) is 9.36. The van der Waals surface area contributed by atoms with Crippen molar-refractivity contribution >= 4 is 5.97 Å². The first kappa shape index (κ1) is 12.0. The van der Waals surface area contributed by atoms with Crippen molar-refractivity contribution in [3.05, 3.63) is 54.0 Å². The van der Waals surface area contributed by atoms with Crippen LogP contribution in [0.4, 0.5) is 4.39 Å². The molecule has 1 N–H and O–H groups in total. The minimum absolute atomic E-state index is 0.141. The van der Waals surface area contributed by atoms with Gasteiger partial charge in [-0.25, -0.2) is 9.37 Å². The van der Waals surface area contributed by atoms with E-state index in [1.54, 1.807) is 24.3 Å². The third-order valence-corrected chi connectivity index (χ3v) is 2.23. The van der Waals surface area contributed by atoms with Crippen molar-refractivity contribution in [1.29, 1.82) is 0 Å². The van der Waals surface area contributed by atoms with Crippen LogP contribution in [0.5, 0.6) is 11.6 Å². The van der Waals surface area contributed by atoms with E-state index in [4.69, 9.17) is 9.84 Å². The molecule has 0 saturated carbocycles. The van der Waals surface area contributed by atoms with Gasteiger partial charge in [-0.2, -0.15) is 0 Å². The van der Waals surface area contributed by atoms with Crippen LogP contribution in [0.1, 0.15) is 5.56 Å². The Hall–Kier alpha value is -2.43. The normalized spacial score (nSPS) is 10.1. The first-order chi connectivity index (χ1) is 8.65. The minimum atomic E-state index is -0.946. The summed E-state index contributed by atoms with van der Waals surface area (Å²) < 4.78 is 18.1. The van der Waals surface area contributed by atoms with Crippen molar-refractivity contribution in [3.8, 4) is 11.6 Å². The highest BCUT2D eigenvalue weighted by Crippen LogP contribution is 2.24. The highest BCUT2D eigenvalue weighted by molar-refractivity contribution is 5.71. The number of benzene rings is 1. The Morgan fingerprint density at radius 2 is 2.06 bits per heavy atom. The van der Waals surface area contributed by atoms with E-state index in [-0.39, 0.29) is 12.3 Å². The average Bonchev–Trinajstić information content (AvgIpc) is 2.34. The number of carbonyl (C=O) groups is 1. The van der Waals surface area contributed by atoms with E-state index in [0.29, 0.717) is 11.3 Å². The lowest BCUT2D eigenvalue weighted by Crippen LogP contribution is -2.02. The molecule has 0 amide bonds. The van der Waals surface area contributed by atoms with Gasteiger partial charge in [-0.3, -0.25) is 4.79 Å². The van der Waals surface area contributed by atoms with Crippen molar-refractivity contribution < 1.29 is 19.0 Å². The molecule has 1 heterocycles. The molecule has 0 atom stereocenters. The highest BCUT2D eigenvalue weighted by Gasteiger charge is 2.08. The number of carboxylic acids is 1. The Bertz CT molecular complexity index is 554. The lowest BCUT2D eigenvalue weighted by molar-refractivity contribution is -0.136. The number of para-hydroxylation sites is 1. The van der Waals surface area contributed by atoms with Gasteiger partial charge < -0.3 is 9.84 Å². The van der Waals surface area contributed by atoms with Gasteiger partial charge in [0.25, 0.3) is 0 Å². The van der Waals surface area contributed by atoms with Crippen molar-refractivity contribution in [1.82, 2.24) is 4.98 Å². The molecule has 0 bridgehead atoms. The Morgan fingerprint density at radius 1 is 1.28 bits per heavy atom. The van der Waals surface area contributed by atoms with Gasteiger partial charge >= 0.3 is 5.97 Å². The zero-order valence-electron chi connectivity index (χ0n) is 9.34. The Kier molecular flexibility index (Phi) is 3.52. The molecule has 0 unspecified atom stereocenters. The van der Waals surface area contributed by atoms with Crippen molar-refractivity contribution in [2.45, 2.75) is 6.42 Å². The topological polar surface area (TPSA) is 59.4 Å². The average molecular weight is 247 g/mol. The number of hydrogen-bond donors (Lipinski definition) is 1. The van der Waals surface area contributed by atoms with E-state index in [1.807, 2.05) is 0 Å². The van der Waals surface area contributed by atoms with E-state index < -0.39 is 11.8 Å². The molecule has 0 saturated heterocycles. The number of aliphatic carboxylic acids is 1. The molecular formula is C13H10FNO3. The summed E-state index contributed by atoms with van der Waals surface area (Å²) in [6.07, 6.45) is 0.895. The van der Waals surface area contributed by atoms with E-state index in [1.165, 1.54) is 12.1 Å². The number of carboxylic acid groups (broad SMARTS) is 1. The molecule has 1 aromatic heterocycles. The molecule has 0 aliphatic carbocycles. The van der Waals surface area contributed by atoms with Gasteiger partial charge in [-0.15, -0.1) is 0 Å². The quantitative estimate of drug-likeness (QED) is 0.902. The fraction of sp³-hybridized carbons (Fsp3) is 0.0769. The Labute approximate surface area is 103 Å². The standard InChI is InChI=1S/C13H10FNO3/c14-10-5-6-12(15-8-10)18-11-4-2-1-3-9(11)7-13(16)17/h1-6,8H,7H2,(H,16,17). The van der Waals surface area contributed by atoms with Gasteiger partial charge in [0.1, 0.15) is 11.6 Å². The monoisotopic (exact) mass is 247 g/mol. The molecule has 0 aliphatic rings. The van der Waals surface area contributed by atoms with Gasteiger partial charge in [0, 0.05) is 11.6 Å². The molecule has 1 aromatic carbocycles. The van der Waals surface area contributed by atoms with Crippen LogP contribution >= 0.6 is 0 Å². The summed E-state index contributed by atoms with van der Waals surface area (Å²) in [5.74, 6) is -0.785. The minimum Gasteiger partial charge on any atom is -0.481 e.